The molecule has 3 heterocycles. The van der Waals surface area contributed by atoms with Crippen molar-refractivity contribution in [3.63, 3.8) is 0 Å². The lowest BCUT2D eigenvalue weighted by molar-refractivity contribution is -0.00461. The predicted molar refractivity (Wildman–Crippen MR) is 85.6 cm³/mol. The molecule has 0 saturated carbocycles. The van der Waals surface area contributed by atoms with Crippen LogP contribution in [0.4, 0.5) is 5.82 Å². The molecule has 1 fully saturated rings. The van der Waals surface area contributed by atoms with E-state index >= 15 is 0 Å². The number of rotatable bonds is 4. The van der Waals surface area contributed by atoms with Gasteiger partial charge in [0.25, 0.3) is 0 Å². The number of aryl methyl sites for hydroxylation is 1. The van der Waals surface area contributed by atoms with Crippen LogP contribution in [0.1, 0.15) is 11.8 Å². The Hall–Kier alpha value is -0.950. The Morgan fingerprint density at radius 2 is 1.95 bits per heavy atom. The van der Waals surface area contributed by atoms with Crippen molar-refractivity contribution in [2.24, 2.45) is 0 Å². The van der Waals surface area contributed by atoms with Crippen molar-refractivity contribution in [3.8, 4) is 0 Å². The Morgan fingerprint density at radius 1 is 1.29 bits per heavy atom. The average Bonchev–Trinajstić information content (AvgIpc) is 3.08. The third kappa shape index (κ3) is 2.73. The lowest BCUT2D eigenvalue weighted by atomic mass is 10.3. The summed E-state index contributed by atoms with van der Waals surface area (Å²) in [7, 11) is 3.42. The number of hydrogen-bond acceptors (Lipinski definition) is 6. The summed E-state index contributed by atoms with van der Waals surface area (Å²) in [6, 6.07) is 2.16. The number of fused-ring (bicyclic) bond motifs is 1. The molecule has 21 heavy (non-hydrogen) atoms. The largest absolute Gasteiger partial charge is 0.377 e. The summed E-state index contributed by atoms with van der Waals surface area (Å²) in [5.74, 6) is 0.877. The first-order chi connectivity index (χ1) is 10.2. The number of ether oxygens (including phenoxy) is 2. The number of halogens is 1. The third-order valence-electron chi connectivity index (χ3n) is 3.87. The highest BCUT2D eigenvalue weighted by Crippen LogP contribution is 2.34. The molecule has 1 aliphatic rings. The van der Waals surface area contributed by atoms with Gasteiger partial charge in [-0.25, -0.2) is 4.98 Å². The topological polar surface area (TPSA) is 47.5 Å². The molecular weight excluding hydrogens is 310 g/mol. The summed E-state index contributed by atoms with van der Waals surface area (Å²) in [6.45, 7) is 3.63. The molecule has 2 unspecified atom stereocenters. The van der Waals surface area contributed by atoms with Gasteiger partial charge in [0.15, 0.2) is 0 Å². The number of methoxy groups -OCH3 is 2. The van der Waals surface area contributed by atoms with Crippen LogP contribution in [-0.2, 0) is 15.9 Å². The highest BCUT2D eigenvalue weighted by atomic mass is 35.5. The standard InChI is InChI=1S/C14H18ClN3O2S/c1-4-8-5-9-12(16-14(15)17-13(9)21-8)18-6-10(19-2)11(7-18)20-3/h5,10-11H,4,6-7H2,1-3H3. The molecule has 0 amide bonds. The Labute approximate surface area is 132 Å². The van der Waals surface area contributed by atoms with Gasteiger partial charge in [-0.3, -0.25) is 0 Å². The first-order valence-electron chi connectivity index (χ1n) is 6.92. The van der Waals surface area contributed by atoms with Crippen LogP contribution in [0.3, 0.4) is 0 Å². The van der Waals surface area contributed by atoms with Crippen LogP contribution in [0.15, 0.2) is 6.07 Å². The van der Waals surface area contributed by atoms with E-state index in [-0.39, 0.29) is 17.5 Å². The van der Waals surface area contributed by atoms with Crippen molar-refractivity contribution < 1.29 is 9.47 Å². The van der Waals surface area contributed by atoms with Gasteiger partial charge in [0.05, 0.1) is 5.39 Å². The molecule has 0 aliphatic carbocycles. The summed E-state index contributed by atoms with van der Waals surface area (Å²) in [5, 5.41) is 1.35. The minimum atomic E-state index is 0.0445. The molecule has 1 aliphatic heterocycles. The monoisotopic (exact) mass is 327 g/mol. The summed E-state index contributed by atoms with van der Waals surface area (Å²) in [5.41, 5.74) is 0. The zero-order valence-electron chi connectivity index (χ0n) is 12.3. The van der Waals surface area contributed by atoms with E-state index in [1.54, 1.807) is 25.6 Å². The van der Waals surface area contributed by atoms with Crippen LogP contribution >= 0.6 is 22.9 Å². The van der Waals surface area contributed by atoms with E-state index in [1.807, 2.05) is 0 Å². The second-order valence-electron chi connectivity index (χ2n) is 5.05. The number of anilines is 1. The molecule has 0 N–H and O–H groups in total. The Morgan fingerprint density at radius 3 is 2.52 bits per heavy atom. The molecule has 5 nitrogen and oxygen atoms in total. The molecule has 1 saturated heterocycles. The average molecular weight is 328 g/mol. The first kappa shape index (κ1) is 15.0. The second-order valence-corrected chi connectivity index (χ2v) is 6.51. The van der Waals surface area contributed by atoms with E-state index in [1.165, 1.54) is 4.88 Å². The lowest BCUT2D eigenvalue weighted by Gasteiger charge is -2.17. The van der Waals surface area contributed by atoms with E-state index < -0.39 is 0 Å². The molecule has 0 aromatic carbocycles. The molecule has 2 atom stereocenters. The van der Waals surface area contributed by atoms with Crippen LogP contribution < -0.4 is 4.90 Å². The first-order valence-corrected chi connectivity index (χ1v) is 8.12. The van der Waals surface area contributed by atoms with Gasteiger partial charge in [-0.1, -0.05) is 6.92 Å². The fourth-order valence-corrected chi connectivity index (χ4v) is 3.89. The van der Waals surface area contributed by atoms with E-state index in [4.69, 9.17) is 21.1 Å². The zero-order valence-corrected chi connectivity index (χ0v) is 13.9. The molecule has 3 rings (SSSR count). The van der Waals surface area contributed by atoms with Crippen molar-refractivity contribution in [2.45, 2.75) is 25.6 Å². The Kier molecular flexibility index (Phi) is 4.31. The third-order valence-corrected chi connectivity index (χ3v) is 5.21. The van der Waals surface area contributed by atoms with Crippen LogP contribution in [0.5, 0.6) is 0 Å². The fraction of sp³-hybridized carbons (Fsp3) is 0.571. The van der Waals surface area contributed by atoms with Crippen LogP contribution in [0, 0.1) is 0 Å². The van der Waals surface area contributed by atoms with Gasteiger partial charge >= 0.3 is 0 Å². The molecule has 114 valence electrons. The molecule has 2 aromatic heterocycles. The summed E-state index contributed by atoms with van der Waals surface area (Å²) < 4.78 is 11.0. The fourth-order valence-electron chi connectivity index (χ4n) is 2.72. The van der Waals surface area contributed by atoms with Gasteiger partial charge in [0.1, 0.15) is 22.9 Å². The number of hydrogen-bond donors (Lipinski definition) is 0. The van der Waals surface area contributed by atoms with Crippen LogP contribution in [-0.4, -0.2) is 49.5 Å². The van der Waals surface area contributed by atoms with Crippen LogP contribution in [0.25, 0.3) is 10.2 Å². The Bertz CT molecular complexity index is 636. The maximum absolute atomic E-state index is 6.09. The van der Waals surface area contributed by atoms with Gasteiger partial charge in [-0.2, -0.15) is 4.98 Å². The molecule has 0 spiro atoms. The number of aromatic nitrogens is 2. The van der Waals surface area contributed by atoms with Gasteiger partial charge in [0, 0.05) is 32.2 Å². The number of nitrogens with zero attached hydrogens (tertiary/aromatic N) is 3. The smallest absolute Gasteiger partial charge is 0.225 e. The summed E-state index contributed by atoms with van der Waals surface area (Å²) in [4.78, 5) is 13.2. The molecule has 0 radical (unpaired) electrons. The SMILES string of the molecule is CCc1cc2c(N3CC(OC)C(OC)C3)nc(Cl)nc2s1. The van der Waals surface area contributed by atoms with Gasteiger partial charge in [0.2, 0.25) is 5.28 Å². The summed E-state index contributed by atoms with van der Waals surface area (Å²) in [6.07, 6.45) is 1.07. The maximum Gasteiger partial charge on any atom is 0.225 e. The van der Waals surface area contributed by atoms with Crippen molar-refractivity contribution in [2.75, 3.05) is 32.2 Å². The van der Waals surface area contributed by atoms with Crippen molar-refractivity contribution >= 4 is 39.0 Å². The van der Waals surface area contributed by atoms with Crippen molar-refractivity contribution in [1.82, 2.24) is 9.97 Å². The molecule has 0 bridgehead atoms. The highest BCUT2D eigenvalue weighted by molar-refractivity contribution is 7.18. The van der Waals surface area contributed by atoms with E-state index in [9.17, 15) is 0 Å². The van der Waals surface area contributed by atoms with E-state index in [0.29, 0.717) is 0 Å². The van der Waals surface area contributed by atoms with Crippen molar-refractivity contribution in [3.05, 3.63) is 16.2 Å². The normalized spacial score (nSPS) is 22.4. The zero-order chi connectivity index (χ0) is 15.0. The van der Waals surface area contributed by atoms with Gasteiger partial charge < -0.3 is 14.4 Å². The number of thiophene rings is 1. The van der Waals surface area contributed by atoms with Gasteiger partial charge in [-0.15, -0.1) is 11.3 Å². The van der Waals surface area contributed by atoms with Gasteiger partial charge in [-0.05, 0) is 24.1 Å². The second kappa shape index (κ2) is 6.04. The molecular formula is C14H18ClN3O2S. The lowest BCUT2D eigenvalue weighted by Crippen LogP contribution is -2.27. The highest BCUT2D eigenvalue weighted by Gasteiger charge is 2.34. The van der Waals surface area contributed by atoms with E-state index in [2.05, 4.69) is 27.9 Å². The quantitative estimate of drug-likeness (QED) is 0.808. The summed E-state index contributed by atoms with van der Waals surface area (Å²) >= 11 is 7.76. The molecule has 2 aromatic rings. The predicted octanol–water partition coefficient (Wildman–Crippen LogP) is 2.76. The Balaban J connectivity index is 2.02. The van der Waals surface area contributed by atoms with E-state index in [0.717, 1.165) is 35.5 Å². The van der Waals surface area contributed by atoms with Crippen molar-refractivity contribution in [1.29, 1.82) is 0 Å². The minimum absolute atomic E-state index is 0.0445. The maximum atomic E-state index is 6.09. The minimum Gasteiger partial charge on any atom is -0.377 e. The molecule has 7 heteroatoms. The van der Waals surface area contributed by atoms with Crippen LogP contribution in [0.2, 0.25) is 5.28 Å².